The molecule has 3 aromatic rings. The molecule has 0 aliphatic heterocycles. The minimum Gasteiger partial charge on any atom is -0.478 e. The van der Waals surface area contributed by atoms with Gasteiger partial charge in [-0.15, -0.1) is 10.2 Å². The second kappa shape index (κ2) is 7.15. The largest absolute Gasteiger partial charge is 0.478 e. The summed E-state index contributed by atoms with van der Waals surface area (Å²) in [6, 6.07) is 12.0. The maximum atomic E-state index is 11.4. The van der Waals surface area contributed by atoms with Crippen LogP contribution in [0.1, 0.15) is 16.1 Å². The van der Waals surface area contributed by atoms with Gasteiger partial charge in [-0.05, 0) is 31.2 Å². The van der Waals surface area contributed by atoms with Gasteiger partial charge in [-0.2, -0.15) is 5.10 Å². The van der Waals surface area contributed by atoms with Crippen molar-refractivity contribution in [2.45, 2.75) is 6.92 Å². The lowest BCUT2D eigenvalue weighted by atomic mass is 10.2. The van der Waals surface area contributed by atoms with Crippen molar-refractivity contribution < 1.29 is 9.90 Å². The van der Waals surface area contributed by atoms with Gasteiger partial charge in [0, 0.05) is 5.02 Å². The van der Waals surface area contributed by atoms with Crippen LogP contribution in [0.15, 0.2) is 52.7 Å². The molecule has 1 aromatic heterocycles. The summed E-state index contributed by atoms with van der Waals surface area (Å²) >= 11 is 11.9. The number of benzene rings is 2. The Balaban J connectivity index is 2.06. The Bertz CT molecular complexity index is 1020. The number of nitrogen functional groups attached to an aromatic ring is 1. The highest BCUT2D eigenvalue weighted by atomic mass is 35.5. The van der Waals surface area contributed by atoms with E-state index in [-0.39, 0.29) is 27.1 Å². The summed E-state index contributed by atoms with van der Waals surface area (Å²) in [5.41, 5.74) is 7.61. The predicted octanol–water partition coefficient (Wildman–Crippen LogP) is 5.18. The van der Waals surface area contributed by atoms with Crippen LogP contribution in [0.5, 0.6) is 0 Å². The number of hydrogen-bond acceptors (Lipinski definition) is 5. The van der Waals surface area contributed by atoms with Gasteiger partial charge < -0.3 is 10.8 Å². The third-order valence-electron chi connectivity index (χ3n) is 3.57. The van der Waals surface area contributed by atoms with Gasteiger partial charge in [0.1, 0.15) is 5.69 Å². The smallest absolute Gasteiger partial charge is 0.338 e. The Labute approximate surface area is 158 Å². The highest BCUT2D eigenvalue weighted by Crippen LogP contribution is 2.36. The molecule has 0 saturated heterocycles. The number of nitrogens with two attached hydrogens (primary N) is 1. The highest BCUT2D eigenvalue weighted by Gasteiger charge is 2.17. The van der Waals surface area contributed by atoms with Crippen LogP contribution in [0.4, 0.5) is 17.2 Å². The molecule has 0 amide bonds. The number of hydrogen-bond donors (Lipinski definition) is 2. The number of carbonyl (C=O) groups is 1. The summed E-state index contributed by atoms with van der Waals surface area (Å²) in [6.07, 6.45) is 0. The molecule has 3 N–H and O–H groups in total. The number of anilines is 1. The third-order valence-corrected chi connectivity index (χ3v) is 4.08. The van der Waals surface area contributed by atoms with Gasteiger partial charge in [0.15, 0.2) is 11.5 Å². The molecule has 0 unspecified atom stereocenters. The Hall–Kier alpha value is -2.90. The molecular weight excluding hydrogens is 377 g/mol. The molecule has 0 fully saturated rings. The van der Waals surface area contributed by atoms with E-state index in [1.807, 2.05) is 30.3 Å². The zero-order valence-electron chi connectivity index (χ0n) is 13.5. The van der Waals surface area contributed by atoms with E-state index in [0.29, 0.717) is 11.4 Å². The SMILES string of the molecule is Cc1nn(-c2ccccc2)c(N)c1N=Nc1c(Cl)cc(Cl)cc1C(=O)O. The number of rotatable bonds is 4. The number of azo groups is 1. The number of carboxylic acid groups (broad SMARTS) is 1. The normalized spacial score (nSPS) is 11.2. The van der Waals surface area contributed by atoms with E-state index in [1.165, 1.54) is 16.8 Å². The van der Waals surface area contributed by atoms with Crippen molar-refractivity contribution in [1.29, 1.82) is 0 Å². The Kier molecular flexibility index (Phi) is 4.92. The van der Waals surface area contributed by atoms with E-state index in [1.54, 1.807) is 6.92 Å². The molecule has 3 rings (SSSR count). The lowest BCUT2D eigenvalue weighted by molar-refractivity contribution is 0.0697. The number of carboxylic acids is 1. The van der Waals surface area contributed by atoms with E-state index in [0.717, 1.165) is 5.69 Å². The van der Waals surface area contributed by atoms with Gasteiger partial charge in [-0.1, -0.05) is 41.4 Å². The van der Waals surface area contributed by atoms with Gasteiger partial charge >= 0.3 is 5.97 Å². The van der Waals surface area contributed by atoms with Crippen molar-refractivity contribution >= 4 is 46.4 Å². The van der Waals surface area contributed by atoms with Crippen molar-refractivity contribution in [3.63, 3.8) is 0 Å². The van der Waals surface area contributed by atoms with Crippen molar-refractivity contribution in [3.05, 3.63) is 63.8 Å². The molecule has 0 spiro atoms. The number of nitrogens with zero attached hydrogens (tertiary/aromatic N) is 4. The molecule has 0 saturated carbocycles. The number of para-hydroxylation sites is 1. The van der Waals surface area contributed by atoms with Crippen molar-refractivity contribution in [2.24, 2.45) is 10.2 Å². The first-order chi connectivity index (χ1) is 12.4. The number of aromatic carboxylic acids is 1. The van der Waals surface area contributed by atoms with Gasteiger partial charge in [0.05, 0.1) is 22.0 Å². The second-order valence-corrected chi connectivity index (χ2v) is 6.20. The predicted molar refractivity (Wildman–Crippen MR) is 100 cm³/mol. The first-order valence-corrected chi connectivity index (χ1v) is 8.18. The fourth-order valence-electron chi connectivity index (χ4n) is 2.36. The zero-order chi connectivity index (χ0) is 18.8. The van der Waals surface area contributed by atoms with Crippen LogP contribution in [-0.4, -0.2) is 20.9 Å². The highest BCUT2D eigenvalue weighted by molar-refractivity contribution is 6.37. The number of halogens is 2. The summed E-state index contributed by atoms with van der Waals surface area (Å²) in [7, 11) is 0. The summed E-state index contributed by atoms with van der Waals surface area (Å²) in [5, 5.41) is 22.0. The maximum absolute atomic E-state index is 11.4. The van der Waals surface area contributed by atoms with Gasteiger partial charge in [-0.3, -0.25) is 0 Å². The van der Waals surface area contributed by atoms with Crippen LogP contribution in [0.3, 0.4) is 0 Å². The Morgan fingerprint density at radius 3 is 2.46 bits per heavy atom. The molecule has 0 aliphatic carbocycles. The van der Waals surface area contributed by atoms with Gasteiger partial charge in [0.25, 0.3) is 0 Å². The summed E-state index contributed by atoms with van der Waals surface area (Å²) in [6.45, 7) is 1.73. The van der Waals surface area contributed by atoms with E-state index in [4.69, 9.17) is 28.9 Å². The number of aryl methyl sites for hydroxylation is 1. The quantitative estimate of drug-likeness (QED) is 0.599. The van der Waals surface area contributed by atoms with Crippen molar-refractivity contribution in [1.82, 2.24) is 9.78 Å². The first-order valence-electron chi connectivity index (χ1n) is 7.43. The van der Waals surface area contributed by atoms with Crippen molar-refractivity contribution in [2.75, 3.05) is 5.73 Å². The molecule has 7 nitrogen and oxygen atoms in total. The zero-order valence-corrected chi connectivity index (χ0v) is 15.0. The summed E-state index contributed by atoms with van der Waals surface area (Å²) in [5.74, 6) is -0.938. The fourth-order valence-corrected chi connectivity index (χ4v) is 2.89. The maximum Gasteiger partial charge on any atom is 0.338 e. The monoisotopic (exact) mass is 389 g/mol. The minimum atomic E-state index is -1.21. The lowest BCUT2D eigenvalue weighted by Crippen LogP contribution is -2.01. The average molecular weight is 390 g/mol. The fraction of sp³-hybridized carbons (Fsp3) is 0.0588. The van der Waals surface area contributed by atoms with E-state index < -0.39 is 5.97 Å². The Morgan fingerprint density at radius 1 is 1.15 bits per heavy atom. The molecule has 1 heterocycles. The van der Waals surface area contributed by atoms with Crippen LogP contribution >= 0.6 is 23.2 Å². The van der Waals surface area contributed by atoms with Gasteiger partial charge in [-0.25, -0.2) is 9.48 Å². The molecule has 0 bridgehead atoms. The van der Waals surface area contributed by atoms with E-state index in [2.05, 4.69) is 15.3 Å². The van der Waals surface area contributed by atoms with Gasteiger partial charge in [0.2, 0.25) is 0 Å². The molecular formula is C17H13Cl2N5O2. The lowest BCUT2D eigenvalue weighted by Gasteiger charge is -2.04. The molecule has 9 heteroatoms. The van der Waals surface area contributed by atoms with Crippen LogP contribution in [0.25, 0.3) is 5.69 Å². The average Bonchev–Trinajstić information content (AvgIpc) is 2.88. The van der Waals surface area contributed by atoms with Crippen molar-refractivity contribution in [3.8, 4) is 5.69 Å². The van der Waals surface area contributed by atoms with E-state index in [9.17, 15) is 9.90 Å². The van der Waals surface area contributed by atoms with E-state index >= 15 is 0 Å². The van der Waals surface area contributed by atoms with Crippen LogP contribution in [-0.2, 0) is 0 Å². The third kappa shape index (κ3) is 3.40. The Morgan fingerprint density at radius 2 is 1.81 bits per heavy atom. The first kappa shape index (κ1) is 17.9. The summed E-state index contributed by atoms with van der Waals surface area (Å²) in [4.78, 5) is 11.4. The minimum absolute atomic E-state index is 0.00479. The summed E-state index contributed by atoms with van der Waals surface area (Å²) < 4.78 is 1.53. The van der Waals surface area contributed by atoms with Crippen LogP contribution in [0.2, 0.25) is 10.0 Å². The van der Waals surface area contributed by atoms with Crippen LogP contribution < -0.4 is 5.73 Å². The molecule has 0 atom stereocenters. The van der Waals surface area contributed by atoms with Crippen LogP contribution in [0, 0.1) is 6.92 Å². The topological polar surface area (TPSA) is 106 Å². The molecule has 26 heavy (non-hydrogen) atoms. The molecule has 0 aliphatic rings. The standard InChI is InChI=1S/C17H13Cl2N5O2/c1-9-14(16(20)24(23-9)11-5-3-2-4-6-11)21-22-15-12(17(25)26)7-10(18)8-13(15)19/h2-8H,20H2,1H3,(H,25,26). The molecule has 132 valence electrons. The number of aromatic nitrogens is 2. The molecule has 2 aromatic carbocycles. The second-order valence-electron chi connectivity index (χ2n) is 5.36. The molecule has 0 radical (unpaired) electrons.